The molecule has 0 saturated carbocycles. The number of primary amides is 1. The third-order valence-electron chi connectivity index (χ3n) is 1.33. The Labute approximate surface area is 73.1 Å². The van der Waals surface area contributed by atoms with Crippen LogP contribution in [0.5, 0.6) is 0 Å². The number of carbonyl (C=O) groups is 1. The van der Waals surface area contributed by atoms with Crippen molar-refractivity contribution in [3.05, 3.63) is 35.4 Å². The number of rotatable bonds is 1. The van der Waals surface area contributed by atoms with Gasteiger partial charge in [-0.15, -0.1) is 0 Å². The van der Waals surface area contributed by atoms with E-state index in [0.717, 1.165) is 10.8 Å². The van der Waals surface area contributed by atoms with Crippen LogP contribution in [0.2, 0.25) is 0 Å². The van der Waals surface area contributed by atoms with Gasteiger partial charge >= 0.3 is 5.91 Å². The molecule has 0 aliphatic carbocycles. The van der Waals surface area contributed by atoms with E-state index >= 15 is 0 Å². The molecule has 5 heteroatoms. The molecule has 1 rings (SSSR count). The Morgan fingerprint density at radius 2 is 2.08 bits per heavy atom. The second kappa shape index (κ2) is 3.64. The maximum atomic E-state index is 12.8. The zero-order chi connectivity index (χ0) is 9.14. The minimum atomic E-state index is -1.13. The number of thiol groups is 1. The molecule has 0 heterocycles. The Kier molecular flexibility index (Phi) is 2.78. The quantitative estimate of drug-likeness (QED) is 0.622. The number of nitrogens with two attached hydrogens (primary N) is 1. The number of hydrogen-bond donors (Lipinski definition) is 2. The highest BCUT2D eigenvalue weighted by atomic mass is 32.1. The second-order valence-electron chi connectivity index (χ2n) is 2.09. The highest BCUT2D eigenvalue weighted by Gasteiger charge is 2.16. The number of hydrogen-bond acceptors (Lipinski definition) is 2. The number of benzene rings is 1. The first kappa shape index (κ1) is 9.15. The first-order chi connectivity index (χ1) is 5.66. The van der Waals surface area contributed by atoms with E-state index in [1.54, 1.807) is 0 Å². The minimum Gasteiger partial charge on any atom is -0.224 e. The van der Waals surface area contributed by atoms with E-state index in [2.05, 4.69) is 12.8 Å². The van der Waals surface area contributed by atoms with E-state index < -0.39 is 17.5 Å². The molecular weight excluding hydrogens is 184 g/mol. The predicted octanol–water partition coefficient (Wildman–Crippen LogP) is 0.513. The molecule has 64 valence electrons. The van der Waals surface area contributed by atoms with Gasteiger partial charge in [0.25, 0.3) is 0 Å². The van der Waals surface area contributed by atoms with Gasteiger partial charge in [0.1, 0.15) is 5.56 Å². The maximum absolute atomic E-state index is 12.8. The monoisotopic (exact) mass is 190 g/mol. The van der Waals surface area contributed by atoms with E-state index in [9.17, 15) is 13.6 Å². The normalized spacial score (nSPS) is 9.92. The van der Waals surface area contributed by atoms with Gasteiger partial charge in [-0.1, -0.05) is 6.07 Å². The summed E-state index contributed by atoms with van der Waals surface area (Å²) in [6, 6.07) is 3.42. The first-order valence-corrected chi connectivity index (χ1v) is 3.64. The molecule has 0 aliphatic rings. The Bertz CT molecular complexity index is 316. The van der Waals surface area contributed by atoms with Crippen molar-refractivity contribution in [1.29, 1.82) is 0 Å². The topological polar surface area (TPSA) is 33.7 Å². The lowest BCUT2D eigenvalue weighted by molar-refractivity contribution is -0.362. The fraction of sp³-hybridized carbons (Fsp3) is 0. The minimum absolute atomic E-state index is 0.301. The lowest BCUT2D eigenvalue weighted by Gasteiger charge is -1.96. The van der Waals surface area contributed by atoms with Crippen molar-refractivity contribution in [1.82, 2.24) is 0 Å². The molecule has 0 fully saturated rings. The van der Waals surface area contributed by atoms with E-state index in [1.165, 1.54) is 12.1 Å². The van der Waals surface area contributed by atoms with Gasteiger partial charge in [-0.05, 0) is 12.1 Å². The van der Waals surface area contributed by atoms with Gasteiger partial charge < -0.3 is 0 Å². The van der Waals surface area contributed by atoms with E-state index in [1.807, 2.05) is 0 Å². The number of halogens is 2. The Hall–Kier alpha value is -0.940. The van der Waals surface area contributed by atoms with Crippen LogP contribution in [0.4, 0.5) is 8.78 Å². The molecule has 2 nitrogen and oxygen atoms in total. The summed E-state index contributed by atoms with van der Waals surface area (Å²) in [6.45, 7) is 0. The van der Waals surface area contributed by atoms with Crippen molar-refractivity contribution in [3.8, 4) is 0 Å². The fourth-order valence-electron chi connectivity index (χ4n) is 0.764. The summed E-state index contributed by atoms with van der Waals surface area (Å²) < 4.78 is 26.2. The third-order valence-corrected chi connectivity index (χ3v) is 1.57. The van der Waals surface area contributed by atoms with Crippen molar-refractivity contribution < 1.29 is 18.3 Å². The Morgan fingerprint density at radius 1 is 1.42 bits per heavy atom. The van der Waals surface area contributed by atoms with Crippen molar-refractivity contribution in [3.63, 3.8) is 0 Å². The van der Waals surface area contributed by atoms with Crippen molar-refractivity contribution >= 4 is 18.7 Å². The fourth-order valence-corrected chi connectivity index (χ4v) is 0.903. The molecule has 1 aromatic rings. The first-order valence-electron chi connectivity index (χ1n) is 3.12. The van der Waals surface area contributed by atoms with Crippen molar-refractivity contribution in [2.45, 2.75) is 0 Å². The zero-order valence-electron chi connectivity index (χ0n) is 5.92. The van der Waals surface area contributed by atoms with Crippen LogP contribution in [0.1, 0.15) is 10.4 Å². The smallest absolute Gasteiger partial charge is 0.224 e. The molecule has 0 unspecified atom stereocenters. The molecule has 2 N–H and O–H groups in total. The molecule has 12 heavy (non-hydrogen) atoms. The van der Waals surface area contributed by atoms with Crippen molar-refractivity contribution in [2.24, 2.45) is 0 Å². The molecule has 0 spiro atoms. The maximum Gasteiger partial charge on any atom is 0.356 e. The second-order valence-corrected chi connectivity index (χ2v) is 2.35. The number of carbonyl (C=O) groups excluding carboxylic acids is 1. The summed E-state index contributed by atoms with van der Waals surface area (Å²) >= 11 is 3.54. The van der Waals surface area contributed by atoms with Gasteiger partial charge in [0.15, 0.2) is 11.6 Å². The third kappa shape index (κ3) is 1.62. The van der Waals surface area contributed by atoms with E-state index in [0.29, 0.717) is 0 Å². The van der Waals surface area contributed by atoms with Gasteiger partial charge in [0.2, 0.25) is 0 Å². The molecule has 0 aliphatic heterocycles. The Morgan fingerprint density at radius 3 is 2.67 bits per heavy atom. The van der Waals surface area contributed by atoms with Crippen LogP contribution in [-0.2, 0) is 0 Å². The van der Waals surface area contributed by atoms with Crippen LogP contribution >= 0.6 is 12.8 Å². The number of quaternary nitrogens is 1. The number of amides is 1. The molecule has 1 aromatic carbocycles. The largest absolute Gasteiger partial charge is 0.356 e. The summed E-state index contributed by atoms with van der Waals surface area (Å²) in [5.74, 6) is -2.81. The summed E-state index contributed by atoms with van der Waals surface area (Å²) in [7, 11) is 0. The molecule has 0 saturated heterocycles. The van der Waals surface area contributed by atoms with Crippen LogP contribution < -0.4 is 4.72 Å². The molecule has 0 radical (unpaired) electrons. The van der Waals surface area contributed by atoms with Crippen LogP contribution in [0, 0.1) is 11.6 Å². The summed E-state index contributed by atoms with van der Waals surface area (Å²) in [4.78, 5) is 10.8. The lowest BCUT2D eigenvalue weighted by Crippen LogP contribution is -2.77. The van der Waals surface area contributed by atoms with E-state index in [-0.39, 0.29) is 5.56 Å². The summed E-state index contributed by atoms with van der Waals surface area (Å²) in [6.07, 6.45) is 0. The predicted molar refractivity (Wildman–Crippen MR) is 41.6 cm³/mol. The highest BCUT2D eigenvalue weighted by molar-refractivity contribution is 7.73. The van der Waals surface area contributed by atoms with Gasteiger partial charge in [-0.25, -0.2) is 18.3 Å². The van der Waals surface area contributed by atoms with Crippen LogP contribution in [0.15, 0.2) is 18.2 Å². The van der Waals surface area contributed by atoms with Gasteiger partial charge in [0.05, 0.1) is 12.8 Å². The van der Waals surface area contributed by atoms with Crippen LogP contribution in [0.25, 0.3) is 0 Å². The molecule has 0 aromatic heterocycles. The van der Waals surface area contributed by atoms with Gasteiger partial charge in [-0.3, -0.25) is 0 Å². The van der Waals surface area contributed by atoms with E-state index in [4.69, 9.17) is 0 Å². The summed E-state index contributed by atoms with van der Waals surface area (Å²) in [5, 5.41) is 0. The highest BCUT2D eigenvalue weighted by Crippen LogP contribution is 2.09. The lowest BCUT2D eigenvalue weighted by atomic mass is 10.2. The van der Waals surface area contributed by atoms with Crippen LogP contribution in [-0.4, -0.2) is 5.91 Å². The molecular formula is C7H6F2NOS+. The summed E-state index contributed by atoms with van der Waals surface area (Å²) in [5.41, 5.74) is -0.301. The van der Waals surface area contributed by atoms with Gasteiger partial charge in [0, 0.05) is 0 Å². The van der Waals surface area contributed by atoms with Gasteiger partial charge in [-0.2, -0.15) is 0 Å². The Balaban J connectivity index is 3.16. The average Bonchev–Trinajstić information content (AvgIpc) is 2.08. The molecule has 1 amide bonds. The molecule has 0 atom stereocenters. The zero-order valence-corrected chi connectivity index (χ0v) is 6.82. The van der Waals surface area contributed by atoms with Crippen molar-refractivity contribution in [2.75, 3.05) is 0 Å². The van der Waals surface area contributed by atoms with Crippen LogP contribution in [0.3, 0.4) is 0 Å². The SMILES string of the molecule is O=C([NH2+]S)c1cccc(F)c1F. The standard InChI is InChI=1S/C7H5F2NOS/c8-5-3-1-2-4(6(5)9)7(11)10-12/h1-3,12H,(H,10,11)/p+1. The average molecular weight is 190 g/mol. The molecule has 0 bridgehead atoms.